The van der Waals surface area contributed by atoms with Gasteiger partial charge in [-0.3, -0.25) is 0 Å². The Bertz CT molecular complexity index is 67.4. The second kappa shape index (κ2) is 3.86. The molecular weight excluding hydrogens is 126 g/mol. The second-order valence-corrected chi connectivity index (χ2v) is 1.67. The second-order valence-electron chi connectivity index (χ2n) is 1.67. The first-order valence-corrected chi connectivity index (χ1v) is 2.42. The largest absolute Gasteiger partial charge is 0.454 e. The highest BCUT2D eigenvalue weighted by atomic mass is 16.4. The lowest BCUT2D eigenvalue weighted by molar-refractivity contribution is 0.263. The van der Waals surface area contributed by atoms with Crippen molar-refractivity contribution in [1.82, 2.24) is 0 Å². The Morgan fingerprint density at radius 1 is 1.00 bits per heavy atom. The maximum absolute atomic E-state index is 8.26. The van der Waals surface area contributed by atoms with E-state index in [0.717, 1.165) is 0 Å². The van der Waals surface area contributed by atoms with Gasteiger partial charge in [-0.25, -0.2) is 0 Å². The van der Waals surface area contributed by atoms with E-state index in [1.807, 2.05) is 0 Å². The minimum Gasteiger partial charge on any atom is -0.427 e. The zero-order valence-corrected chi connectivity index (χ0v) is 4.68. The Kier molecular flexibility index (Phi) is 3.83. The lowest BCUT2D eigenvalue weighted by atomic mass is 9.53. The van der Waals surface area contributed by atoms with Crippen molar-refractivity contribution in [3.05, 3.63) is 0 Å². The van der Waals surface area contributed by atoms with Crippen molar-refractivity contribution in [2.75, 3.05) is 6.61 Å². The topological polar surface area (TPSA) is 101 Å². The molecule has 0 amide bonds. The highest BCUT2D eigenvalue weighted by molar-refractivity contribution is 6.64. The van der Waals surface area contributed by atoms with Gasteiger partial charge in [0.1, 0.15) is 0 Å². The summed E-state index contributed by atoms with van der Waals surface area (Å²) in [5.74, 6) is 0. The molecule has 9 heavy (non-hydrogen) atoms. The molecule has 0 aliphatic heterocycles. The molecule has 0 aliphatic rings. The van der Waals surface area contributed by atoms with Crippen molar-refractivity contribution in [3.8, 4) is 0 Å². The first kappa shape index (κ1) is 8.93. The summed E-state index contributed by atoms with van der Waals surface area (Å²) < 4.78 is 0. The number of hydrogen-bond donors (Lipinski definition) is 5. The fourth-order valence-corrected chi connectivity index (χ4v) is 0.343. The molecule has 52 valence electrons. The van der Waals surface area contributed by atoms with Crippen molar-refractivity contribution >= 4 is 14.2 Å². The average Bonchev–Trinajstić information content (AvgIpc) is 1.64. The summed E-state index contributed by atoms with van der Waals surface area (Å²) in [4.78, 5) is 0. The molecule has 0 aliphatic carbocycles. The Morgan fingerprint density at radius 2 is 1.33 bits per heavy atom. The zero-order chi connectivity index (χ0) is 7.44. The molecule has 0 unspecified atom stereocenters. The predicted molar refractivity (Wildman–Crippen MR) is 31.2 cm³/mol. The van der Waals surface area contributed by atoms with Crippen LogP contribution in [0.3, 0.4) is 0 Å². The van der Waals surface area contributed by atoms with Gasteiger partial charge in [-0.2, -0.15) is 0 Å². The maximum atomic E-state index is 8.26. The molecule has 0 saturated heterocycles. The van der Waals surface area contributed by atoms with E-state index in [4.69, 9.17) is 25.2 Å². The van der Waals surface area contributed by atoms with E-state index in [-0.39, 0.29) is 0 Å². The fraction of sp³-hybridized carbons (Fsp3) is 1.00. The molecule has 5 nitrogen and oxygen atoms in total. The van der Waals surface area contributed by atoms with Crippen molar-refractivity contribution in [2.45, 2.75) is 5.72 Å². The first-order valence-electron chi connectivity index (χ1n) is 2.42. The van der Waals surface area contributed by atoms with Crippen LogP contribution in [0.15, 0.2) is 0 Å². The Balaban J connectivity index is 3.68. The van der Waals surface area contributed by atoms with Crippen LogP contribution >= 0.6 is 0 Å². The summed E-state index contributed by atoms with van der Waals surface area (Å²) >= 11 is 0. The molecule has 0 aromatic rings. The minimum atomic E-state index is -1.89. The summed E-state index contributed by atoms with van der Waals surface area (Å²) in [7, 11) is -3.79. The highest BCUT2D eigenvalue weighted by Crippen LogP contribution is 2.05. The van der Waals surface area contributed by atoms with Crippen LogP contribution in [0.2, 0.25) is 5.72 Å². The number of hydrogen-bond acceptors (Lipinski definition) is 5. The lowest BCUT2D eigenvalue weighted by Crippen LogP contribution is -2.36. The van der Waals surface area contributed by atoms with Gasteiger partial charge in [0.2, 0.25) is 0 Å². The van der Waals surface area contributed by atoms with Crippen LogP contribution < -0.4 is 0 Å². The lowest BCUT2D eigenvalue weighted by Gasteiger charge is -2.09. The van der Waals surface area contributed by atoms with Crippen LogP contribution in [-0.2, 0) is 0 Å². The summed E-state index contributed by atoms with van der Waals surface area (Å²) in [6.45, 7) is -0.671. The summed E-state index contributed by atoms with van der Waals surface area (Å²) in [5, 5.41) is 41.3. The third kappa shape index (κ3) is 2.83. The molecule has 0 aromatic carbocycles. The van der Waals surface area contributed by atoms with Crippen LogP contribution in [0.4, 0.5) is 0 Å². The summed E-state index contributed by atoms with van der Waals surface area (Å²) in [6.07, 6.45) is 0. The third-order valence-electron chi connectivity index (χ3n) is 0.977. The molecular formula is C2H8B2O5. The smallest absolute Gasteiger partial charge is 0.427 e. The molecule has 0 radical (unpaired) electrons. The van der Waals surface area contributed by atoms with Crippen LogP contribution in [0.25, 0.3) is 0 Å². The molecule has 0 heterocycles. The van der Waals surface area contributed by atoms with Gasteiger partial charge >= 0.3 is 14.2 Å². The van der Waals surface area contributed by atoms with Gasteiger partial charge < -0.3 is 25.2 Å². The monoisotopic (exact) mass is 134 g/mol. The molecule has 5 N–H and O–H groups in total. The van der Waals surface area contributed by atoms with Crippen LogP contribution in [-0.4, -0.2) is 46.0 Å². The average molecular weight is 134 g/mol. The molecule has 0 aromatic heterocycles. The van der Waals surface area contributed by atoms with Gasteiger partial charge in [-0.05, 0) is 0 Å². The van der Waals surface area contributed by atoms with E-state index in [1.165, 1.54) is 0 Å². The van der Waals surface area contributed by atoms with Gasteiger partial charge in [-0.1, -0.05) is 0 Å². The number of rotatable bonds is 3. The van der Waals surface area contributed by atoms with E-state index in [1.54, 1.807) is 0 Å². The molecule has 0 saturated carbocycles. The Labute approximate surface area is 52.9 Å². The molecule has 0 fully saturated rings. The van der Waals surface area contributed by atoms with Gasteiger partial charge in [0.15, 0.2) is 0 Å². The summed E-state index contributed by atoms with van der Waals surface area (Å²) in [5.41, 5.74) is -1.30. The quantitative estimate of drug-likeness (QED) is 0.262. The normalized spacial score (nSPS) is 10.0. The fourth-order valence-electron chi connectivity index (χ4n) is 0.343. The van der Waals surface area contributed by atoms with Gasteiger partial charge in [0.25, 0.3) is 0 Å². The number of aliphatic hydroxyl groups is 1. The van der Waals surface area contributed by atoms with Gasteiger partial charge in [-0.15, -0.1) is 0 Å². The van der Waals surface area contributed by atoms with Crippen LogP contribution in [0, 0.1) is 0 Å². The van der Waals surface area contributed by atoms with Gasteiger partial charge in [0.05, 0.1) is 5.72 Å². The zero-order valence-electron chi connectivity index (χ0n) is 4.68. The molecule has 0 rings (SSSR count). The van der Waals surface area contributed by atoms with Crippen molar-refractivity contribution in [3.63, 3.8) is 0 Å². The molecule has 0 bridgehead atoms. The predicted octanol–water partition coefficient (Wildman–Crippen LogP) is -3.17. The Hall–Kier alpha value is -0.0701. The Morgan fingerprint density at radius 3 is 1.33 bits per heavy atom. The van der Waals surface area contributed by atoms with Crippen molar-refractivity contribution in [1.29, 1.82) is 0 Å². The highest BCUT2D eigenvalue weighted by Gasteiger charge is 2.33. The molecule has 7 heteroatoms. The SMILES string of the molecule is OCC(B(O)O)B(O)O. The third-order valence-corrected chi connectivity index (χ3v) is 0.977. The minimum absolute atomic E-state index is 0.671. The first-order chi connectivity index (χ1) is 4.09. The van der Waals surface area contributed by atoms with E-state index in [9.17, 15) is 0 Å². The van der Waals surface area contributed by atoms with Crippen LogP contribution in [0.5, 0.6) is 0 Å². The molecule has 0 spiro atoms. The summed E-state index contributed by atoms with van der Waals surface area (Å²) in [6, 6.07) is 0. The van der Waals surface area contributed by atoms with E-state index in [0.29, 0.717) is 0 Å². The standard InChI is InChI=1S/C2H8B2O5/c5-1-2(3(6)7)4(8)9/h2,5-9H,1H2. The van der Waals surface area contributed by atoms with Crippen molar-refractivity contribution < 1.29 is 25.2 Å². The van der Waals surface area contributed by atoms with Gasteiger partial charge in [0, 0.05) is 6.61 Å². The number of aliphatic hydroxyl groups excluding tert-OH is 1. The van der Waals surface area contributed by atoms with E-state index >= 15 is 0 Å². The maximum Gasteiger partial charge on any atom is 0.454 e. The van der Waals surface area contributed by atoms with Crippen LogP contribution in [0.1, 0.15) is 0 Å². The van der Waals surface area contributed by atoms with Crippen molar-refractivity contribution in [2.24, 2.45) is 0 Å². The van der Waals surface area contributed by atoms with E-state index < -0.39 is 26.6 Å². The molecule has 0 atom stereocenters. The van der Waals surface area contributed by atoms with E-state index in [2.05, 4.69) is 0 Å².